The molecule has 0 aliphatic carbocycles. The lowest BCUT2D eigenvalue weighted by molar-refractivity contribution is -0.384. The van der Waals surface area contributed by atoms with Gasteiger partial charge in [-0.25, -0.2) is 4.79 Å². The lowest BCUT2D eigenvalue weighted by Gasteiger charge is -2.07. The number of amides is 1. The molecule has 2 aromatic carbocycles. The Morgan fingerprint density at radius 2 is 1.75 bits per heavy atom. The summed E-state index contributed by atoms with van der Waals surface area (Å²) in [6.45, 7) is -0.494. The van der Waals surface area contributed by atoms with E-state index < -0.39 is 23.4 Å². The average Bonchev–Trinajstić information content (AvgIpc) is 2.70. The van der Waals surface area contributed by atoms with E-state index >= 15 is 0 Å². The van der Waals surface area contributed by atoms with Crippen LogP contribution in [0.5, 0.6) is 11.5 Å². The summed E-state index contributed by atoms with van der Waals surface area (Å²) in [5, 5.41) is 13.1. The van der Waals surface area contributed by atoms with Gasteiger partial charge in [-0.2, -0.15) is 0 Å². The fourth-order valence-electron chi connectivity index (χ4n) is 2.17. The Morgan fingerprint density at radius 3 is 2.36 bits per heavy atom. The van der Waals surface area contributed by atoms with Crippen molar-refractivity contribution in [3.63, 3.8) is 0 Å². The number of hydrogen-bond acceptors (Lipinski definition) is 7. The molecule has 0 heterocycles. The van der Waals surface area contributed by atoms with Crippen molar-refractivity contribution in [2.45, 2.75) is 0 Å². The van der Waals surface area contributed by atoms with Gasteiger partial charge in [0.25, 0.3) is 11.6 Å². The molecule has 0 aliphatic heterocycles. The molecule has 146 valence electrons. The number of carbonyl (C=O) groups excluding carboxylic acids is 2. The molecule has 0 saturated carbocycles. The van der Waals surface area contributed by atoms with Gasteiger partial charge in [0.1, 0.15) is 0 Å². The number of nitrogens with one attached hydrogen (secondary N) is 1. The van der Waals surface area contributed by atoms with Crippen LogP contribution >= 0.6 is 0 Å². The molecule has 9 heteroatoms. The second-order valence-corrected chi connectivity index (χ2v) is 5.41. The topological polar surface area (TPSA) is 117 Å². The monoisotopic (exact) mass is 386 g/mol. The Hall–Kier alpha value is -3.88. The molecule has 0 unspecified atom stereocenters. The molecule has 2 rings (SSSR count). The molecule has 1 N–H and O–H groups in total. The van der Waals surface area contributed by atoms with Crippen LogP contribution in [0.3, 0.4) is 0 Å². The van der Waals surface area contributed by atoms with Crippen LogP contribution < -0.4 is 14.8 Å². The molecule has 0 fully saturated rings. The van der Waals surface area contributed by atoms with E-state index in [1.165, 1.54) is 50.6 Å². The highest BCUT2D eigenvalue weighted by atomic mass is 16.6. The van der Waals surface area contributed by atoms with Crippen LogP contribution in [0.15, 0.2) is 48.5 Å². The predicted molar refractivity (Wildman–Crippen MR) is 101 cm³/mol. The summed E-state index contributed by atoms with van der Waals surface area (Å²) in [6.07, 6.45) is 2.69. The summed E-state index contributed by atoms with van der Waals surface area (Å²) in [5.41, 5.74) is 0.946. The van der Waals surface area contributed by atoms with E-state index in [9.17, 15) is 19.7 Å². The summed E-state index contributed by atoms with van der Waals surface area (Å²) in [6, 6.07) is 10.4. The van der Waals surface area contributed by atoms with Crippen molar-refractivity contribution in [2.24, 2.45) is 0 Å². The molecule has 0 spiro atoms. The van der Waals surface area contributed by atoms with Gasteiger partial charge in [-0.05, 0) is 35.9 Å². The van der Waals surface area contributed by atoms with Crippen LogP contribution in [-0.2, 0) is 14.3 Å². The molecule has 0 atom stereocenters. The molecule has 0 bridgehead atoms. The fraction of sp³-hybridized carbons (Fsp3) is 0.158. The number of nitro benzene ring substituents is 1. The van der Waals surface area contributed by atoms with E-state index in [4.69, 9.17) is 14.2 Å². The number of rotatable bonds is 8. The third-order valence-corrected chi connectivity index (χ3v) is 3.53. The van der Waals surface area contributed by atoms with E-state index in [0.29, 0.717) is 22.7 Å². The molecule has 0 saturated heterocycles. The normalized spacial score (nSPS) is 10.4. The van der Waals surface area contributed by atoms with Crippen molar-refractivity contribution in [3.05, 3.63) is 64.2 Å². The molecule has 9 nitrogen and oxygen atoms in total. The number of carbonyl (C=O) groups is 2. The van der Waals surface area contributed by atoms with E-state index in [0.717, 1.165) is 0 Å². The van der Waals surface area contributed by atoms with Gasteiger partial charge < -0.3 is 19.5 Å². The maximum Gasteiger partial charge on any atom is 0.331 e. The molecule has 2 aromatic rings. The number of esters is 1. The van der Waals surface area contributed by atoms with Gasteiger partial charge in [-0.15, -0.1) is 0 Å². The predicted octanol–water partition coefficient (Wildman–Crippen LogP) is 2.81. The molecule has 0 aliphatic rings. The van der Waals surface area contributed by atoms with Crippen molar-refractivity contribution in [1.29, 1.82) is 0 Å². The second kappa shape index (κ2) is 9.72. The standard InChI is InChI=1S/C19H18N2O7/c1-26-16-9-3-13(11-17(16)27-2)4-10-19(23)28-12-18(22)20-14-5-7-15(8-6-14)21(24)25/h3-11H,12H2,1-2H3,(H,20,22)/b10-4+. The van der Waals surface area contributed by atoms with Crippen LogP contribution in [0.4, 0.5) is 11.4 Å². The minimum Gasteiger partial charge on any atom is -0.493 e. The number of nitrogens with zero attached hydrogens (tertiary/aromatic N) is 1. The second-order valence-electron chi connectivity index (χ2n) is 5.41. The van der Waals surface area contributed by atoms with Gasteiger partial charge in [-0.1, -0.05) is 6.07 Å². The number of nitro groups is 1. The third-order valence-electron chi connectivity index (χ3n) is 3.53. The van der Waals surface area contributed by atoms with Crippen LogP contribution in [0.2, 0.25) is 0 Å². The zero-order valence-electron chi connectivity index (χ0n) is 15.2. The average molecular weight is 386 g/mol. The minimum absolute atomic E-state index is 0.0928. The molecule has 1 amide bonds. The minimum atomic E-state index is -0.700. The molecular weight excluding hydrogens is 368 g/mol. The first-order valence-corrected chi connectivity index (χ1v) is 8.04. The van der Waals surface area contributed by atoms with Crippen molar-refractivity contribution in [3.8, 4) is 11.5 Å². The first-order chi connectivity index (χ1) is 13.4. The summed E-state index contributed by atoms with van der Waals surface area (Å²) in [5.74, 6) is -0.194. The van der Waals surface area contributed by atoms with E-state index in [1.54, 1.807) is 18.2 Å². The van der Waals surface area contributed by atoms with Gasteiger partial charge in [-0.3, -0.25) is 14.9 Å². The van der Waals surface area contributed by atoms with Gasteiger partial charge in [0.2, 0.25) is 0 Å². The third kappa shape index (κ3) is 5.84. The number of hydrogen-bond donors (Lipinski definition) is 1. The molecule has 0 radical (unpaired) electrons. The summed E-state index contributed by atoms with van der Waals surface area (Å²) in [7, 11) is 3.02. The Bertz CT molecular complexity index is 892. The Kier molecular flexibility index (Phi) is 7.09. The molecule has 0 aromatic heterocycles. The van der Waals surface area contributed by atoms with Crippen LogP contribution in [-0.4, -0.2) is 37.6 Å². The van der Waals surface area contributed by atoms with Crippen LogP contribution in [0.1, 0.15) is 5.56 Å². The largest absolute Gasteiger partial charge is 0.493 e. The number of non-ortho nitro benzene ring substituents is 1. The van der Waals surface area contributed by atoms with E-state index in [-0.39, 0.29) is 5.69 Å². The zero-order chi connectivity index (χ0) is 20.5. The van der Waals surface area contributed by atoms with Crippen LogP contribution in [0, 0.1) is 10.1 Å². The maximum atomic E-state index is 11.8. The summed E-state index contributed by atoms with van der Waals surface area (Å²) >= 11 is 0. The van der Waals surface area contributed by atoms with E-state index in [2.05, 4.69) is 5.32 Å². The highest BCUT2D eigenvalue weighted by Gasteiger charge is 2.08. The van der Waals surface area contributed by atoms with Gasteiger partial charge in [0.05, 0.1) is 19.1 Å². The van der Waals surface area contributed by atoms with Crippen molar-refractivity contribution in [1.82, 2.24) is 0 Å². The van der Waals surface area contributed by atoms with Gasteiger partial charge >= 0.3 is 5.97 Å². The number of anilines is 1. The van der Waals surface area contributed by atoms with Crippen molar-refractivity contribution >= 4 is 29.3 Å². The first-order valence-electron chi connectivity index (χ1n) is 8.04. The highest BCUT2D eigenvalue weighted by molar-refractivity contribution is 5.94. The smallest absolute Gasteiger partial charge is 0.331 e. The molecule has 28 heavy (non-hydrogen) atoms. The number of ether oxygens (including phenoxy) is 3. The lowest BCUT2D eigenvalue weighted by Crippen LogP contribution is -2.20. The highest BCUT2D eigenvalue weighted by Crippen LogP contribution is 2.27. The Balaban J connectivity index is 1.85. The van der Waals surface area contributed by atoms with Crippen molar-refractivity contribution < 1.29 is 28.7 Å². The lowest BCUT2D eigenvalue weighted by atomic mass is 10.2. The molecular formula is C19H18N2O7. The zero-order valence-corrected chi connectivity index (χ0v) is 15.2. The Morgan fingerprint density at radius 1 is 1.07 bits per heavy atom. The SMILES string of the molecule is COc1ccc(/C=C/C(=O)OCC(=O)Nc2ccc([N+](=O)[O-])cc2)cc1OC. The van der Waals surface area contributed by atoms with Gasteiger partial charge in [0.15, 0.2) is 18.1 Å². The van der Waals surface area contributed by atoms with Crippen LogP contribution in [0.25, 0.3) is 6.08 Å². The summed E-state index contributed by atoms with van der Waals surface area (Å²) in [4.78, 5) is 33.6. The van der Waals surface area contributed by atoms with Crippen molar-refractivity contribution in [2.75, 3.05) is 26.1 Å². The Labute approximate surface area is 160 Å². The maximum absolute atomic E-state index is 11.8. The summed E-state index contributed by atoms with van der Waals surface area (Å²) < 4.78 is 15.2. The number of methoxy groups -OCH3 is 2. The van der Waals surface area contributed by atoms with E-state index in [1.807, 2.05) is 0 Å². The first kappa shape index (κ1) is 20.4. The number of benzene rings is 2. The quantitative estimate of drug-likeness (QED) is 0.321. The fourth-order valence-corrected chi connectivity index (χ4v) is 2.17. The van der Waals surface area contributed by atoms with Gasteiger partial charge in [0, 0.05) is 23.9 Å².